The van der Waals surface area contributed by atoms with E-state index in [4.69, 9.17) is 18.0 Å². The van der Waals surface area contributed by atoms with Gasteiger partial charge in [-0.1, -0.05) is 25.6 Å². The fourth-order valence-corrected chi connectivity index (χ4v) is 2.10. The molecule has 0 atom stereocenters. The second-order valence-electron chi connectivity index (χ2n) is 4.45. The van der Waals surface area contributed by atoms with Gasteiger partial charge in [-0.3, -0.25) is 4.79 Å². The number of nitrogens with two attached hydrogens (primary N) is 1. The van der Waals surface area contributed by atoms with Crippen molar-refractivity contribution in [1.82, 2.24) is 10.2 Å². The highest BCUT2D eigenvalue weighted by Gasteiger charge is 2.46. The minimum atomic E-state index is -0.542. The predicted molar refractivity (Wildman–Crippen MR) is 69.3 cm³/mol. The molecule has 0 aromatic heterocycles. The maximum absolute atomic E-state index is 12.0. The lowest BCUT2D eigenvalue weighted by molar-refractivity contribution is -0.130. The van der Waals surface area contributed by atoms with E-state index in [-0.39, 0.29) is 5.91 Å². The van der Waals surface area contributed by atoms with Crippen molar-refractivity contribution in [2.45, 2.75) is 26.2 Å². The van der Waals surface area contributed by atoms with Crippen LogP contribution in [0.25, 0.3) is 0 Å². The second-order valence-corrected chi connectivity index (χ2v) is 4.89. The molecule has 0 spiro atoms. The number of carbonyl (C=O) groups is 1. The van der Waals surface area contributed by atoms with Crippen LogP contribution in [0.3, 0.4) is 0 Å². The molecule has 16 heavy (non-hydrogen) atoms. The molecule has 0 aromatic rings. The largest absolute Gasteiger partial charge is 0.392 e. The first-order chi connectivity index (χ1) is 7.53. The number of nitrogens with zero attached hydrogens (tertiary/aromatic N) is 1. The topological polar surface area (TPSA) is 58.4 Å². The third-order valence-corrected chi connectivity index (χ3v) is 3.82. The van der Waals surface area contributed by atoms with E-state index in [0.29, 0.717) is 11.5 Å². The third-order valence-electron chi connectivity index (χ3n) is 3.43. The molecule has 0 unspecified atom stereocenters. The number of hydrogen-bond donors (Lipinski definition) is 2. The van der Waals surface area contributed by atoms with Gasteiger partial charge in [0, 0.05) is 13.1 Å². The summed E-state index contributed by atoms with van der Waals surface area (Å²) in [6.45, 7) is 4.59. The maximum atomic E-state index is 12.0. The summed E-state index contributed by atoms with van der Waals surface area (Å²) >= 11 is 4.99. The molecule has 0 aliphatic heterocycles. The summed E-state index contributed by atoms with van der Waals surface area (Å²) in [4.78, 5) is 14.5. The molecule has 92 valence electrons. The number of likely N-dealkylation sites (N-methyl/N-ethyl adjacent to an activating group) is 1. The van der Waals surface area contributed by atoms with Gasteiger partial charge in [0.25, 0.3) is 0 Å². The smallest absolute Gasteiger partial charge is 0.233 e. The second kappa shape index (κ2) is 5.59. The molecule has 1 amide bonds. The Bertz CT molecular complexity index is 276. The van der Waals surface area contributed by atoms with E-state index in [1.807, 2.05) is 7.05 Å². The van der Waals surface area contributed by atoms with Gasteiger partial charge in [0.1, 0.15) is 0 Å². The lowest BCUT2D eigenvalue weighted by Gasteiger charge is -2.39. The van der Waals surface area contributed by atoms with E-state index in [0.717, 1.165) is 32.4 Å². The van der Waals surface area contributed by atoms with Crippen LogP contribution in [0.4, 0.5) is 0 Å². The van der Waals surface area contributed by atoms with Crippen molar-refractivity contribution >= 4 is 23.1 Å². The summed E-state index contributed by atoms with van der Waals surface area (Å²) in [6, 6.07) is 0. The van der Waals surface area contributed by atoms with Gasteiger partial charge in [0.2, 0.25) is 5.91 Å². The van der Waals surface area contributed by atoms with E-state index in [1.165, 1.54) is 0 Å². The number of carbonyl (C=O) groups excluding carboxylic acids is 1. The SMILES string of the molecule is CCN(C)CCNC(=O)C1(C(N)=S)CCC1. The van der Waals surface area contributed by atoms with Crippen LogP contribution >= 0.6 is 12.2 Å². The summed E-state index contributed by atoms with van der Waals surface area (Å²) in [5, 5.41) is 2.92. The predicted octanol–water partition coefficient (Wildman–Crippen LogP) is 0.511. The molecule has 1 fully saturated rings. The number of hydrogen-bond acceptors (Lipinski definition) is 3. The van der Waals surface area contributed by atoms with Gasteiger partial charge in [-0.2, -0.15) is 0 Å². The van der Waals surface area contributed by atoms with Gasteiger partial charge in [-0.05, 0) is 26.4 Å². The molecule has 1 aliphatic rings. The quantitative estimate of drug-likeness (QED) is 0.667. The van der Waals surface area contributed by atoms with Crippen LogP contribution < -0.4 is 11.1 Å². The van der Waals surface area contributed by atoms with Gasteiger partial charge in [0.05, 0.1) is 10.4 Å². The Morgan fingerprint density at radius 1 is 1.56 bits per heavy atom. The molecule has 0 aromatic carbocycles. The monoisotopic (exact) mass is 243 g/mol. The highest BCUT2D eigenvalue weighted by atomic mass is 32.1. The minimum absolute atomic E-state index is 0.00996. The van der Waals surface area contributed by atoms with Crippen LogP contribution in [0, 0.1) is 5.41 Å². The summed E-state index contributed by atoms with van der Waals surface area (Å²) in [5.41, 5.74) is 5.11. The lowest BCUT2D eigenvalue weighted by atomic mass is 9.68. The number of nitrogens with one attached hydrogen (secondary N) is 1. The van der Waals surface area contributed by atoms with Crippen molar-refractivity contribution in [3.63, 3.8) is 0 Å². The summed E-state index contributed by atoms with van der Waals surface area (Å²) in [6.07, 6.45) is 2.65. The molecule has 5 heteroatoms. The Hall–Kier alpha value is -0.680. The average Bonchev–Trinajstić information content (AvgIpc) is 2.15. The summed E-state index contributed by atoms with van der Waals surface area (Å²) in [5.74, 6) is 0.00996. The minimum Gasteiger partial charge on any atom is -0.392 e. The Morgan fingerprint density at radius 2 is 2.19 bits per heavy atom. The molecule has 3 N–H and O–H groups in total. The van der Waals surface area contributed by atoms with Crippen molar-refractivity contribution in [3.8, 4) is 0 Å². The zero-order chi connectivity index (χ0) is 12.2. The number of thiocarbonyl (C=S) groups is 1. The first-order valence-corrected chi connectivity index (χ1v) is 6.20. The van der Waals surface area contributed by atoms with Crippen molar-refractivity contribution < 1.29 is 4.79 Å². The van der Waals surface area contributed by atoms with Crippen molar-refractivity contribution in [2.75, 3.05) is 26.7 Å². The Labute approximate surface area is 103 Å². The zero-order valence-corrected chi connectivity index (χ0v) is 10.9. The normalized spacial score (nSPS) is 17.9. The van der Waals surface area contributed by atoms with Crippen LogP contribution in [0.1, 0.15) is 26.2 Å². The van der Waals surface area contributed by atoms with Crippen LogP contribution in [0.5, 0.6) is 0 Å². The van der Waals surface area contributed by atoms with E-state index < -0.39 is 5.41 Å². The molecule has 1 saturated carbocycles. The van der Waals surface area contributed by atoms with Gasteiger partial charge in [-0.25, -0.2) is 0 Å². The summed E-state index contributed by atoms with van der Waals surface area (Å²) in [7, 11) is 2.03. The molecule has 0 radical (unpaired) electrons. The van der Waals surface area contributed by atoms with Crippen LogP contribution in [0.2, 0.25) is 0 Å². The molecule has 1 rings (SSSR count). The van der Waals surface area contributed by atoms with E-state index in [1.54, 1.807) is 0 Å². The van der Waals surface area contributed by atoms with E-state index in [2.05, 4.69) is 17.1 Å². The van der Waals surface area contributed by atoms with Crippen LogP contribution in [0.15, 0.2) is 0 Å². The zero-order valence-electron chi connectivity index (χ0n) is 10.1. The van der Waals surface area contributed by atoms with Crippen molar-refractivity contribution in [3.05, 3.63) is 0 Å². The van der Waals surface area contributed by atoms with Gasteiger partial charge < -0.3 is 16.0 Å². The van der Waals surface area contributed by atoms with Crippen molar-refractivity contribution in [2.24, 2.45) is 11.1 Å². The first kappa shape index (κ1) is 13.4. The fraction of sp³-hybridized carbons (Fsp3) is 0.818. The van der Waals surface area contributed by atoms with Gasteiger partial charge >= 0.3 is 0 Å². The molecular formula is C11H21N3OS. The summed E-state index contributed by atoms with van der Waals surface area (Å²) < 4.78 is 0. The van der Waals surface area contributed by atoms with Gasteiger partial charge in [0.15, 0.2) is 0 Å². The highest BCUT2D eigenvalue weighted by Crippen LogP contribution is 2.41. The molecule has 4 nitrogen and oxygen atoms in total. The van der Waals surface area contributed by atoms with Gasteiger partial charge in [-0.15, -0.1) is 0 Å². The third kappa shape index (κ3) is 2.71. The molecule has 0 heterocycles. The van der Waals surface area contributed by atoms with Crippen LogP contribution in [-0.4, -0.2) is 42.5 Å². The standard InChI is InChI=1S/C11H21N3OS/c1-3-14(2)8-7-13-10(15)11(9(12)16)5-4-6-11/h3-8H2,1-2H3,(H2,12,16)(H,13,15). The average molecular weight is 243 g/mol. The first-order valence-electron chi connectivity index (χ1n) is 5.79. The number of rotatable bonds is 6. The van der Waals surface area contributed by atoms with E-state index >= 15 is 0 Å². The molecule has 0 bridgehead atoms. The molecule has 0 saturated heterocycles. The molecular weight excluding hydrogens is 222 g/mol. The van der Waals surface area contributed by atoms with Crippen molar-refractivity contribution in [1.29, 1.82) is 0 Å². The van der Waals surface area contributed by atoms with E-state index in [9.17, 15) is 4.79 Å². The lowest BCUT2D eigenvalue weighted by Crippen LogP contribution is -2.53. The maximum Gasteiger partial charge on any atom is 0.233 e. The van der Waals surface area contributed by atoms with Crippen LogP contribution in [-0.2, 0) is 4.79 Å². The Morgan fingerprint density at radius 3 is 2.56 bits per heavy atom. The molecule has 1 aliphatic carbocycles. The fourth-order valence-electron chi connectivity index (χ4n) is 1.80. The Kier molecular flexibility index (Phi) is 4.68. The number of amides is 1. The highest BCUT2D eigenvalue weighted by molar-refractivity contribution is 7.80. The Balaban J connectivity index is 2.37.